The number of hydrogen-bond donors (Lipinski definition) is 2. The molecule has 21 heavy (non-hydrogen) atoms. The molecule has 0 bridgehead atoms. The van der Waals surface area contributed by atoms with E-state index in [2.05, 4.69) is 37.1 Å². The van der Waals surface area contributed by atoms with E-state index in [9.17, 15) is 5.11 Å². The molecule has 0 saturated carbocycles. The smallest absolute Gasteiger partial charge is 0.115 e. The Morgan fingerprint density at radius 3 is 2.90 bits per heavy atom. The van der Waals surface area contributed by atoms with E-state index >= 15 is 0 Å². The number of phenols is 1. The van der Waals surface area contributed by atoms with Gasteiger partial charge in [0.05, 0.1) is 10.7 Å². The van der Waals surface area contributed by atoms with Gasteiger partial charge in [-0.25, -0.2) is 4.98 Å². The molecule has 0 spiro atoms. The third kappa shape index (κ3) is 2.97. The third-order valence-electron chi connectivity index (χ3n) is 4.23. The summed E-state index contributed by atoms with van der Waals surface area (Å²) < 4.78 is 0. The molecular weight excluding hydrogens is 280 g/mol. The van der Waals surface area contributed by atoms with E-state index in [1.165, 1.54) is 22.4 Å². The molecule has 0 radical (unpaired) electrons. The van der Waals surface area contributed by atoms with E-state index in [0.29, 0.717) is 11.8 Å². The first kappa shape index (κ1) is 14.5. The first-order chi connectivity index (χ1) is 10.0. The third-order valence-corrected chi connectivity index (χ3v) is 5.48. The number of nitrogens with zero attached hydrogens (tertiary/aromatic N) is 1. The zero-order chi connectivity index (χ0) is 15.0. The number of benzene rings is 1. The Labute approximate surface area is 130 Å². The minimum Gasteiger partial charge on any atom is -0.508 e. The van der Waals surface area contributed by atoms with Crippen LogP contribution in [0.3, 0.4) is 0 Å². The van der Waals surface area contributed by atoms with Crippen molar-refractivity contribution in [2.45, 2.75) is 52.1 Å². The first-order valence-electron chi connectivity index (χ1n) is 7.56. The van der Waals surface area contributed by atoms with Crippen molar-refractivity contribution in [2.75, 3.05) is 0 Å². The van der Waals surface area contributed by atoms with Crippen LogP contribution in [-0.2, 0) is 6.42 Å². The van der Waals surface area contributed by atoms with Crippen molar-refractivity contribution in [1.82, 2.24) is 10.3 Å². The summed E-state index contributed by atoms with van der Waals surface area (Å²) in [7, 11) is 0. The second-order valence-electron chi connectivity index (χ2n) is 5.90. The van der Waals surface area contributed by atoms with Crippen molar-refractivity contribution in [2.24, 2.45) is 0 Å². The molecular formula is C17H22N2OS. The van der Waals surface area contributed by atoms with Crippen molar-refractivity contribution >= 4 is 11.3 Å². The molecule has 4 heteroatoms. The van der Waals surface area contributed by atoms with Crippen LogP contribution in [0.25, 0.3) is 0 Å². The average molecular weight is 302 g/mol. The molecule has 0 aliphatic heterocycles. The molecule has 1 heterocycles. The van der Waals surface area contributed by atoms with E-state index < -0.39 is 0 Å². The van der Waals surface area contributed by atoms with E-state index in [4.69, 9.17) is 0 Å². The zero-order valence-electron chi connectivity index (χ0n) is 12.8. The van der Waals surface area contributed by atoms with Crippen LogP contribution in [0, 0.1) is 13.8 Å². The first-order valence-corrected chi connectivity index (χ1v) is 8.38. The minimum absolute atomic E-state index is 0.287. The lowest BCUT2D eigenvalue weighted by atomic mass is 9.87. The second-order valence-corrected chi connectivity index (χ2v) is 7.13. The summed E-state index contributed by atoms with van der Waals surface area (Å²) >= 11 is 1.77. The molecule has 2 unspecified atom stereocenters. The molecule has 112 valence electrons. The van der Waals surface area contributed by atoms with Crippen molar-refractivity contribution in [3.63, 3.8) is 0 Å². The van der Waals surface area contributed by atoms with Crippen LogP contribution in [0.5, 0.6) is 5.75 Å². The summed E-state index contributed by atoms with van der Waals surface area (Å²) in [5, 5.41) is 14.6. The van der Waals surface area contributed by atoms with Crippen LogP contribution in [0.15, 0.2) is 18.2 Å². The highest BCUT2D eigenvalue weighted by molar-refractivity contribution is 7.11. The molecule has 1 aliphatic rings. The normalized spacial score (nSPS) is 19.3. The van der Waals surface area contributed by atoms with Crippen LogP contribution in [0.4, 0.5) is 0 Å². The van der Waals surface area contributed by atoms with Gasteiger partial charge in [-0.1, -0.05) is 6.07 Å². The maximum Gasteiger partial charge on any atom is 0.115 e. The summed E-state index contributed by atoms with van der Waals surface area (Å²) in [6.45, 7) is 6.34. The van der Waals surface area contributed by atoms with Crippen LogP contribution >= 0.6 is 11.3 Å². The van der Waals surface area contributed by atoms with Gasteiger partial charge in [-0.15, -0.1) is 11.3 Å². The molecule has 0 saturated heterocycles. The monoisotopic (exact) mass is 302 g/mol. The Hall–Kier alpha value is -1.39. The zero-order valence-corrected chi connectivity index (χ0v) is 13.6. The van der Waals surface area contributed by atoms with Crippen molar-refractivity contribution in [1.29, 1.82) is 0 Å². The highest BCUT2D eigenvalue weighted by Crippen LogP contribution is 2.35. The van der Waals surface area contributed by atoms with Gasteiger partial charge in [-0.05, 0) is 63.3 Å². The van der Waals surface area contributed by atoms with Crippen molar-refractivity contribution in [3.05, 3.63) is 44.9 Å². The van der Waals surface area contributed by atoms with E-state index in [1.807, 2.05) is 6.07 Å². The van der Waals surface area contributed by atoms with Crippen LogP contribution in [0.1, 0.15) is 58.6 Å². The molecule has 1 aromatic carbocycles. The SMILES string of the molecule is Cc1nc(C)c(C(C)NC2CCCc3ccc(O)cc32)s1. The molecule has 3 rings (SSSR count). The fraction of sp³-hybridized carbons (Fsp3) is 0.471. The Morgan fingerprint density at radius 1 is 1.38 bits per heavy atom. The lowest BCUT2D eigenvalue weighted by Crippen LogP contribution is -2.27. The molecule has 2 atom stereocenters. The lowest BCUT2D eigenvalue weighted by molar-refractivity contribution is 0.412. The maximum atomic E-state index is 9.77. The minimum atomic E-state index is 0.287. The fourth-order valence-corrected chi connectivity index (χ4v) is 4.22. The van der Waals surface area contributed by atoms with Gasteiger partial charge in [0.15, 0.2) is 0 Å². The molecule has 0 fully saturated rings. The number of aryl methyl sites for hydroxylation is 3. The summed E-state index contributed by atoms with van der Waals surface area (Å²) in [5.41, 5.74) is 3.75. The highest BCUT2D eigenvalue weighted by Gasteiger charge is 2.23. The summed E-state index contributed by atoms with van der Waals surface area (Å²) in [5.74, 6) is 0.361. The summed E-state index contributed by atoms with van der Waals surface area (Å²) in [6, 6.07) is 6.38. The number of aromatic nitrogens is 1. The van der Waals surface area contributed by atoms with Gasteiger partial charge < -0.3 is 10.4 Å². The standard InChI is InChI=1S/C17H22N2OS/c1-10-17(21-12(3)18-10)11(2)19-16-6-4-5-13-7-8-14(20)9-15(13)16/h7-9,11,16,19-20H,4-6H2,1-3H3. The molecule has 0 amide bonds. The summed E-state index contributed by atoms with van der Waals surface area (Å²) in [4.78, 5) is 5.84. The van der Waals surface area contributed by atoms with Crippen LogP contribution in [0.2, 0.25) is 0 Å². The van der Waals surface area contributed by atoms with Gasteiger partial charge in [-0.2, -0.15) is 0 Å². The number of fused-ring (bicyclic) bond motifs is 1. The van der Waals surface area contributed by atoms with Crippen LogP contribution < -0.4 is 5.32 Å². The predicted molar refractivity (Wildman–Crippen MR) is 86.9 cm³/mol. The second kappa shape index (κ2) is 5.78. The van der Waals surface area contributed by atoms with Crippen molar-refractivity contribution < 1.29 is 5.11 Å². The fourth-order valence-electron chi connectivity index (χ4n) is 3.29. The van der Waals surface area contributed by atoms with Crippen LogP contribution in [-0.4, -0.2) is 10.1 Å². The maximum absolute atomic E-state index is 9.77. The topological polar surface area (TPSA) is 45.2 Å². The number of aromatic hydroxyl groups is 1. The van der Waals surface area contributed by atoms with E-state index in [-0.39, 0.29) is 6.04 Å². The Kier molecular flexibility index (Phi) is 4.00. The highest BCUT2D eigenvalue weighted by atomic mass is 32.1. The molecule has 2 aromatic rings. The Bertz CT molecular complexity index is 650. The lowest BCUT2D eigenvalue weighted by Gasteiger charge is -2.29. The Morgan fingerprint density at radius 2 is 2.19 bits per heavy atom. The number of phenolic OH excluding ortho intramolecular Hbond substituents is 1. The number of hydrogen-bond acceptors (Lipinski definition) is 4. The summed E-state index contributed by atoms with van der Waals surface area (Å²) in [6.07, 6.45) is 3.43. The van der Waals surface area contributed by atoms with E-state index in [0.717, 1.165) is 23.5 Å². The molecule has 2 N–H and O–H groups in total. The van der Waals surface area contributed by atoms with Gasteiger partial charge in [-0.3, -0.25) is 0 Å². The quantitative estimate of drug-likeness (QED) is 0.893. The number of nitrogens with one attached hydrogen (secondary N) is 1. The largest absolute Gasteiger partial charge is 0.508 e. The van der Waals surface area contributed by atoms with E-state index in [1.54, 1.807) is 17.4 Å². The predicted octanol–water partition coefficient (Wildman–Crippen LogP) is 4.19. The van der Waals surface area contributed by atoms with Gasteiger partial charge >= 0.3 is 0 Å². The van der Waals surface area contributed by atoms with Gasteiger partial charge in [0, 0.05) is 17.0 Å². The molecule has 3 nitrogen and oxygen atoms in total. The van der Waals surface area contributed by atoms with Crippen molar-refractivity contribution in [3.8, 4) is 5.75 Å². The van der Waals surface area contributed by atoms with Gasteiger partial charge in [0.2, 0.25) is 0 Å². The Balaban J connectivity index is 1.83. The number of thiazole rings is 1. The molecule has 1 aliphatic carbocycles. The average Bonchev–Trinajstić information content (AvgIpc) is 2.78. The van der Waals surface area contributed by atoms with Gasteiger partial charge in [0.25, 0.3) is 0 Å². The molecule has 1 aromatic heterocycles. The van der Waals surface area contributed by atoms with Gasteiger partial charge in [0.1, 0.15) is 5.75 Å². The number of rotatable bonds is 3.